The molecule has 0 atom stereocenters. The van der Waals surface area contributed by atoms with E-state index in [0.29, 0.717) is 31.9 Å². The van der Waals surface area contributed by atoms with Crippen LogP contribution in [-0.4, -0.2) is 85.1 Å². The van der Waals surface area contributed by atoms with Crippen LogP contribution in [0.2, 0.25) is 0 Å². The predicted octanol–water partition coefficient (Wildman–Crippen LogP) is 2.25. The normalized spacial score (nSPS) is 14.6. The van der Waals surface area contributed by atoms with Crippen molar-refractivity contribution >= 4 is 24.0 Å². The van der Waals surface area contributed by atoms with E-state index in [1.807, 2.05) is 45.0 Å². The van der Waals surface area contributed by atoms with Gasteiger partial charge in [0, 0.05) is 39.3 Å². The fraction of sp³-hybridized carbons (Fsp3) is 0.500. The van der Waals surface area contributed by atoms with Crippen molar-refractivity contribution in [2.24, 2.45) is 0 Å². The van der Waals surface area contributed by atoms with Gasteiger partial charge in [-0.3, -0.25) is 9.59 Å². The van der Waals surface area contributed by atoms with Crippen molar-refractivity contribution in [1.82, 2.24) is 14.7 Å². The van der Waals surface area contributed by atoms with E-state index in [-0.39, 0.29) is 24.5 Å². The van der Waals surface area contributed by atoms with Gasteiger partial charge in [0.1, 0.15) is 11.4 Å². The molecule has 164 valence electrons. The third-order valence-corrected chi connectivity index (χ3v) is 4.54. The average Bonchev–Trinajstić information content (AvgIpc) is 2.70. The van der Waals surface area contributed by atoms with Gasteiger partial charge < -0.3 is 24.2 Å². The molecule has 30 heavy (non-hydrogen) atoms. The number of amides is 3. The summed E-state index contributed by atoms with van der Waals surface area (Å²) >= 11 is 0. The van der Waals surface area contributed by atoms with Gasteiger partial charge in [-0.05, 0) is 44.5 Å². The summed E-state index contributed by atoms with van der Waals surface area (Å²) in [4.78, 5) is 41.6. The minimum Gasteiger partial charge on any atom is -0.497 e. The quantitative estimate of drug-likeness (QED) is 0.687. The molecule has 1 heterocycles. The van der Waals surface area contributed by atoms with Crippen molar-refractivity contribution in [2.45, 2.75) is 26.4 Å². The van der Waals surface area contributed by atoms with Gasteiger partial charge in [-0.25, -0.2) is 4.79 Å². The number of ether oxygens (including phenoxy) is 2. The molecule has 1 aliphatic heterocycles. The number of piperazine rings is 1. The number of hydrogen-bond acceptors (Lipinski definition) is 5. The number of hydrogen-bond donors (Lipinski definition) is 0. The van der Waals surface area contributed by atoms with Crippen LogP contribution in [0.4, 0.5) is 4.79 Å². The zero-order valence-electron chi connectivity index (χ0n) is 18.4. The second-order valence-corrected chi connectivity index (χ2v) is 8.15. The van der Waals surface area contributed by atoms with E-state index in [4.69, 9.17) is 9.47 Å². The summed E-state index contributed by atoms with van der Waals surface area (Å²) in [5.41, 5.74) is 0.284. The second kappa shape index (κ2) is 10.1. The highest BCUT2D eigenvalue weighted by Gasteiger charge is 2.28. The van der Waals surface area contributed by atoms with Crippen LogP contribution < -0.4 is 4.74 Å². The fourth-order valence-corrected chi connectivity index (χ4v) is 2.89. The number of carbonyl (C=O) groups is 3. The molecule has 0 aromatic heterocycles. The lowest BCUT2D eigenvalue weighted by Gasteiger charge is -2.36. The molecule has 0 saturated carbocycles. The summed E-state index contributed by atoms with van der Waals surface area (Å²) in [7, 11) is 3.17. The Morgan fingerprint density at radius 1 is 1.10 bits per heavy atom. The zero-order chi connectivity index (χ0) is 22.3. The molecule has 0 unspecified atom stereocenters. The highest BCUT2D eigenvalue weighted by Crippen LogP contribution is 2.14. The van der Waals surface area contributed by atoms with Crippen LogP contribution in [0.5, 0.6) is 5.75 Å². The maximum atomic E-state index is 12.5. The number of rotatable bonds is 5. The Balaban J connectivity index is 1.82. The lowest BCUT2D eigenvalue weighted by Crippen LogP contribution is -2.53. The number of nitrogens with zero attached hydrogens (tertiary/aromatic N) is 3. The van der Waals surface area contributed by atoms with Gasteiger partial charge in [0.15, 0.2) is 0 Å². The summed E-state index contributed by atoms with van der Waals surface area (Å²) in [6.45, 7) is 7.09. The Labute approximate surface area is 178 Å². The molecule has 2 rings (SSSR count). The van der Waals surface area contributed by atoms with Gasteiger partial charge in [-0.2, -0.15) is 0 Å². The third-order valence-electron chi connectivity index (χ3n) is 4.54. The second-order valence-electron chi connectivity index (χ2n) is 8.15. The molecular weight excluding hydrogens is 386 g/mol. The molecule has 1 aromatic carbocycles. The van der Waals surface area contributed by atoms with Crippen LogP contribution in [0.3, 0.4) is 0 Å². The molecule has 8 heteroatoms. The number of benzene rings is 1. The lowest BCUT2D eigenvalue weighted by atomic mass is 10.2. The van der Waals surface area contributed by atoms with E-state index in [2.05, 4.69) is 0 Å². The Morgan fingerprint density at radius 2 is 1.73 bits per heavy atom. The van der Waals surface area contributed by atoms with Crippen LogP contribution in [-0.2, 0) is 14.3 Å². The van der Waals surface area contributed by atoms with Crippen molar-refractivity contribution in [3.63, 3.8) is 0 Å². The molecule has 3 amide bonds. The van der Waals surface area contributed by atoms with Crippen LogP contribution in [0.15, 0.2) is 30.3 Å². The molecule has 1 aliphatic rings. The molecule has 1 saturated heterocycles. The summed E-state index contributed by atoms with van der Waals surface area (Å²) < 4.78 is 10.5. The van der Waals surface area contributed by atoms with E-state index in [1.54, 1.807) is 30.0 Å². The summed E-state index contributed by atoms with van der Waals surface area (Å²) in [5.74, 6) is 0.293. The maximum absolute atomic E-state index is 12.5. The monoisotopic (exact) mass is 417 g/mol. The first kappa shape index (κ1) is 23.3. The SMILES string of the molecule is COc1cccc(/C=C/C(=O)N(C)CC(=O)N2CCN(C(=O)OC(C)(C)C)CC2)c1. The molecule has 0 radical (unpaired) electrons. The minimum atomic E-state index is -0.550. The molecular formula is C22H31N3O5. The first-order valence-electron chi connectivity index (χ1n) is 9.92. The summed E-state index contributed by atoms with van der Waals surface area (Å²) in [6.07, 6.45) is 2.75. The van der Waals surface area contributed by atoms with Gasteiger partial charge in [0.2, 0.25) is 11.8 Å². The van der Waals surface area contributed by atoms with E-state index in [0.717, 1.165) is 5.56 Å². The largest absolute Gasteiger partial charge is 0.497 e. The molecule has 0 spiro atoms. The third kappa shape index (κ3) is 7.09. The van der Waals surface area contributed by atoms with Gasteiger partial charge in [0.25, 0.3) is 0 Å². The number of likely N-dealkylation sites (N-methyl/N-ethyl adjacent to an activating group) is 1. The first-order chi connectivity index (χ1) is 14.1. The van der Waals surface area contributed by atoms with E-state index < -0.39 is 5.60 Å². The standard InChI is InChI=1S/C22H31N3O5/c1-22(2,3)30-21(28)25-13-11-24(12-14-25)20(27)16-23(4)19(26)10-9-17-7-6-8-18(15-17)29-5/h6-10,15H,11-14,16H2,1-5H3/b10-9+. The molecule has 0 aliphatic carbocycles. The van der Waals surface area contributed by atoms with Crippen molar-refractivity contribution in [3.8, 4) is 5.75 Å². The minimum absolute atomic E-state index is 0.0201. The Bertz CT molecular complexity index is 792. The molecule has 0 bridgehead atoms. The number of methoxy groups -OCH3 is 1. The summed E-state index contributed by atoms with van der Waals surface area (Å²) in [5, 5.41) is 0. The van der Waals surface area contributed by atoms with Crippen LogP contribution >= 0.6 is 0 Å². The first-order valence-corrected chi connectivity index (χ1v) is 9.92. The van der Waals surface area contributed by atoms with Crippen LogP contribution in [0, 0.1) is 0 Å². The van der Waals surface area contributed by atoms with Crippen molar-refractivity contribution < 1.29 is 23.9 Å². The van der Waals surface area contributed by atoms with Crippen molar-refractivity contribution in [2.75, 3.05) is 46.9 Å². The molecule has 1 aromatic rings. The van der Waals surface area contributed by atoms with Crippen molar-refractivity contribution in [1.29, 1.82) is 0 Å². The Kier molecular flexibility index (Phi) is 7.86. The highest BCUT2D eigenvalue weighted by molar-refractivity contribution is 5.94. The van der Waals surface area contributed by atoms with Crippen molar-refractivity contribution in [3.05, 3.63) is 35.9 Å². The topological polar surface area (TPSA) is 79.4 Å². The van der Waals surface area contributed by atoms with Crippen LogP contribution in [0.25, 0.3) is 6.08 Å². The highest BCUT2D eigenvalue weighted by atomic mass is 16.6. The smallest absolute Gasteiger partial charge is 0.410 e. The van der Waals surface area contributed by atoms with Gasteiger partial charge in [-0.1, -0.05) is 12.1 Å². The van der Waals surface area contributed by atoms with E-state index in [9.17, 15) is 14.4 Å². The zero-order valence-corrected chi connectivity index (χ0v) is 18.4. The summed E-state index contributed by atoms with van der Waals surface area (Å²) in [6, 6.07) is 7.35. The van der Waals surface area contributed by atoms with Gasteiger partial charge in [0.05, 0.1) is 13.7 Å². The fourth-order valence-electron chi connectivity index (χ4n) is 2.89. The Morgan fingerprint density at radius 3 is 2.33 bits per heavy atom. The molecule has 0 N–H and O–H groups in total. The lowest BCUT2D eigenvalue weighted by molar-refractivity contribution is -0.138. The Hall–Kier alpha value is -3.03. The number of carbonyl (C=O) groups excluding carboxylic acids is 3. The van der Waals surface area contributed by atoms with Crippen LogP contribution in [0.1, 0.15) is 26.3 Å². The van der Waals surface area contributed by atoms with Gasteiger partial charge in [-0.15, -0.1) is 0 Å². The van der Waals surface area contributed by atoms with E-state index >= 15 is 0 Å². The molecule has 1 fully saturated rings. The van der Waals surface area contributed by atoms with E-state index in [1.165, 1.54) is 11.0 Å². The average molecular weight is 418 g/mol. The van der Waals surface area contributed by atoms with Gasteiger partial charge >= 0.3 is 6.09 Å². The predicted molar refractivity (Wildman–Crippen MR) is 114 cm³/mol. The molecule has 8 nitrogen and oxygen atoms in total. The maximum Gasteiger partial charge on any atom is 0.410 e.